The van der Waals surface area contributed by atoms with Crippen molar-refractivity contribution in [3.63, 3.8) is 0 Å². The fourth-order valence-corrected chi connectivity index (χ4v) is 3.92. The highest BCUT2D eigenvalue weighted by atomic mass is 32.2. The van der Waals surface area contributed by atoms with Crippen molar-refractivity contribution >= 4 is 17.5 Å². The highest BCUT2D eigenvalue weighted by molar-refractivity contribution is 8.00. The molecular weight excluding hydrogens is 360 g/mol. The van der Waals surface area contributed by atoms with Crippen LogP contribution in [0.2, 0.25) is 0 Å². The number of carbonyl (C=O) groups excluding carboxylic acids is 1. The predicted molar refractivity (Wildman–Crippen MR) is 93.0 cm³/mol. The number of benzene rings is 1. The van der Waals surface area contributed by atoms with Crippen LogP contribution >= 0.6 is 11.8 Å². The fourth-order valence-electron chi connectivity index (χ4n) is 2.91. The van der Waals surface area contributed by atoms with E-state index in [2.05, 4.69) is 19.5 Å². The normalized spacial score (nSPS) is 18.2. The van der Waals surface area contributed by atoms with Crippen molar-refractivity contribution < 1.29 is 18.3 Å². The molecule has 4 rings (SSSR count). The van der Waals surface area contributed by atoms with Crippen LogP contribution in [0.25, 0.3) is 0 Å². The summed E-state index contributed by atoms with van der Waals surface area (Å²) in [6, 6.07) is 6.26. The maximum Gasteiger partial charge on any atom is 0.387 e. The smallest absolute Gasteiger partial charge is 0.387 e. The molecule has 0 radical (unpaired) electrons. The van der Waals surface area contributed by atoms with E-state index in [1.807, 2.05) is 6.92 Å². The van der Waals surface area contributed by atoms with Gasteiger partial charge < -0.3 is 9.30 Å². The number of nitrogens with zero attached hydrogens (tertiary/aromatic N) is 3. The molecule has 138 valence electrons. The largest absolute Gasteiger partial charge is 0.435 e. The number of carbonyl (C=O) groups is 1. The van der Waals surface area contributed by atoms with Gasteiger partial charge in [0.25, 0.3) is 0 Å². The Hall–Kier alpha value is -1.96. The first kappa shape index (κ1) is 17.5. The lowest BCUT2D eigenvalue weighted by atomic mass is 10.1. The molecule has 0 saturated heterocycles. The quantitative estimate of drug-likeness (QED) is 0.501. The molecule has 0 spiro atoms. The van der Waals surface area contributed by atoms with E-state index < -0.39 is 6.61 Å². The zero-order valence-corrected chi connectivity index (χ0v) is 15.1. The molecule has 2 aliphatic rings. The van der Waals surface area contributed by atoms with E-state index in [1.165, 1.54) is 36.0 Å². The zero-order valence-electron chi connectivity index (χ0n) is 14.3. The van der Waals surface area contributed by atoms with Crippen LogP contribution in [0, 0.1) is 0 Å². The van der Waals surface area contributed by atoms with Crippen LogP contribution in [0.15, 0.2) is 29.4 Å². The Labute approximate surface area is 154 Å². The van der Waals surface area contributed by atoms with Crippen molar-refractivity contribution in [2.75, 3.05) is 0 Å². The van der Waals surface area contributed by atoms with E-state index >= 15 is 0 Å². The van der Waals surface area contributed by atoms with Gasteiger partial charge in [-0.25, -0.2) is 0 Å². The van der Waals surface area contributed by atoms with Crippen molar-refractivity contribution in [3.8, 4) is 5.75 Å². The second-order valence-electron chi connectivity index (χ2n) is 6.74. The average molecular weight is 379 g/mol. The number of hydrogen-bond donors (Lipinski definition) is 0. The molecule has 8 heteroatoms. The van der Waals surface area contributed by atoms with Gasteiger partial charge in [-0.2, -0.15) is 8.78 Å². The van der Waals surface area contributed by atoms with Gasteiger partial charge >= 0.3 is 6.61 Å². The van der Waals surface area contributed by atoms with Gasteiger partial charge in [0.15, 0.2) is 10.9 Å². The monoisotopic (exact) mass is 379 g/mol. The molecule has 0 bridgehead atoms. The molecule has 2 fully saturated rings. The molecule has 0 unspecified atom stereocenters. The number of rotatable bonds is 8. The lowest BCUT2D eigenvalue weighted by Gasteiger charge is -2.12. The van der Waals surface area contributed by atoms with Crippen LogP contribution < -0.4 is 4.74 Å². The summed E-state index contributed by atoms with van der Waals surface area (Å²) < 4.78 is 31.0. The minimum absolute atomic E-state index is 0.0411. The summed E-state index contributed by atoms with van der Waals surface area (Å²) in [5.74, 6) is 1.55. The summed E-state index contributed by atoms with van der Waals surface area (Å²) >= 11 is 1.41. The Morgan fingerprint density at radius 1 is 1.19 bits per heavy atom. The van der Waals surface area contributed by atoms with E-state index in [0.717, 1.165) is 36.7 Å². The number of thioether (sulfide) groups is 1. The number of Topliss-reactive ketones (excluding diaryl/α,β-unsaturated/α-hetero) is 1. The molecular formula is C18H19F2N3O2S. The molecule has 2 aliphatic carbocycles. The zero-order chi connectivity index (χ0) is 18.3. The molecule has 26 heavy (non-hydrogen) atoms. The van der Waals surface area contributed by atoms with Crippen LogP contribution in [-0.4, -0.2) is 32.4 Å². The van der Waals surface area contributed by atoms with Gasteiger partial charge in [0.05, 0.1) is 5.25 Å². The maximum atomic E-state index is 12.7. The summed E-state index contributed by atoms with van der Waals surface area (Å²) in [6.45, 7) is -1.04. The minimum atomic E-state index is -2.87. The highest BCUT2D eigenvalue weighted by Gasteiger charge is 2.37. The average Bonchev–Trinajstić information content (AvgIpc) is 3.53. The number of alkyl halides is 2. The summed E-state index contributed by atoms with van der Waals surface area (Å²) in [7, 11) is 0. The molecule has 0 N–H and O–H groups in total. The van der Waals surface area contributed by atoms with Crippen molar-refractivity contribution in [1.29, 1.82) is 0 Å². The number of ether oxygens (including phenoxy) is 1. The third-order valence-corrected chi connectivity index (χ3v) is 5.62. The highest BCUT2D eigenvalue weighted by Crippen LogP contribution is 2.46. The van der Waals surface area contributed by atoms with E-state index in [0.29, 0.717) is 17.5 Å². The molecule has 2 aromatic rings. The van der Waals surface area contributed by atoms with Crippen molar-refractivity contribution in [1.82, 2.24) is 14.8 Å². The second-order valence-corrected chi connectivity index (χ2v) is 8.05. The Balaban J connectivity index is 1.46. The van der Waals surface area contributed by atoms with Crippen LogP contribution in [0.3, 0.4) is 0 Å². The van der Waals surface area contributed by atoms with Crippen LogP contribution in [0.1, 0.15) is 60.7 Å². The van der Waals surface area contributed by atoms with Gasteiger partial charge in [-0.1, -0.05) is 11.8 Å². The first-order valence-corrected chi connectivity index (χ1v) is 9.61. The van der Waals surface area contributed by atoms with Crippen LogP contribution in [0.4, 0.5) is 8.78 Å². The van der Waals surface area contributed by atoms with Crippen LogP contribution in [0.5, 0.6) is 5.75 Å². The molecule has 1 heterocycles. The van der Waals surface area contributed by atoms with E-state index in [4.69, 9.17) is 0 Å². The standard InChI is InChI=1S/C18H19F2N3O2S/c1-10(15(24)11-4-8-14(9-5-11)25-17(19)20)26-18-22-21-16(12-2-3-12)23(18)13-6-7-13/h4-5,8-10,12-13,17H,2-3,6-7H2,1H3/t10-/m1/s1. The Kier molecular flexibility index (Phi) is 4.69. The predicted octanol–water partition coefficient (Wildman–Crippen LogP) is 4.46. The van der Waals surface area contributed by atoms with E-state index in [1.54, 1.807) is 0 Å². The molecule has 1 aromatic carbocycles. The molecule has 5 nitrogen and oxygen atoms in total. The van der Waals surface area contributed by atoms with Gasteiger partial charge in [0.2, 0.25) is 0 Å². The summed E-state index contributed by atoms with van der Waals surface area (Å²) in [6.07, 6.45) is 4.60. The van der Waals surface area contributed by atoms with Gasteiger partial charge in [-0.3, -0.25) is 4.79 Å². The van der Waals surface area contributed by atoms with Gasteiger partial charge in [-0.05, 0) is 56.9 Å². The molecule has 2 saturated carbocycles. The number of halogens is 2. The van der Waals surface area contributed by atoms with Gasteiger partial charge in [0, 0.05) is 17.5 Å². The second kappa shape index (κ2) is 6.98. The molecule has 0 aliphatic heterocycles. The number of hydrogen-bond acceptors (Lipinski definition) is 5. The number of ketones is 1. The topological polar surface area (TPSA) is 57.0 Å². The third kappa shape index (κ3) is 3.75. The fraction of sp³-hybridized carbons (Fsp3) is 0.500. The maximum absolute atomic E-state index is 12.7. The van der Waals surface area contributed by atoms with E-state index in [-0.39, 0.29) is 16.8 Å². The third-order valence-electron chi connectivity index (χ3n) is 4.56. The van der Waals surface area contributed by atoms with Gasteiger partial charge in [-0.15, -0.1) is 10.2 Å². The Bertz CT molecular complexity index is 801. The number of aromatic nitrogens is 3. The summed E-state index contributed by atoms with van der Waals surface area (Å²) in [4.78, 5) is 12.7. The van der Waals surface area contributed by atoms with E-state index in [9.17, 15) is 13.6 Å². The van der Waals surface area contributed by atoms with Crippen molar-refractivity contribution in [2.24, 2.45) is 0 Å². The van der Waals surface area contributed by atoms with Crippen molar-refractivity contribution in [3.05, 3.63) is 35.7 Å². The Morgan fingerprint density at radius 3 is 2.46 bits per heavy atom. The molecule has 1 aromatic heterocycles. The first-order valence-electron chi connectivity index (χ1n) is 8.73. The molecule has 1 atom stereocenters. The summed E-state index contributed by atoms with van der Waals surface area (Å²) in [5.41, 5.74) is 0.464. The lowest BCUT2D eigenvalue weighted by Crippen LogP contribution is -2.15. The summed E-state index contributed by atoms with van der Waals surface area (Å²) in [5, 5.41) is 9.14. The first-order chi connectivity index (χ1) is 12.5. The minimum Gasteiger partial charge on any atom is -0.435 e. The van der Waals surface area contributed by atoms with Crippen molar-refractivity contribution in [2.45, 2.75) is 61.6 Å². The Morgan fingerprint density at radius 2 is 1.88 bits per heavy atom. The SMILES string of the molecule is C[C@@H](Sc1nnc(C2CC2)n1C1CC1)C(=O)c1ccc(OC(F)F)cc1. The van der Waals surface area contributed by atoms with Crippen LogP contribution in [-0.2, 0) is 0 Å². The lowest BCUT2D eigenvalue weighted by molar-refractivity contribution is -0.0498. The molecule has 0 amide bonds. The van der Waals surface area contributed by atoms with Gasteiger partial charge in [0.1, 0.15) is 11.6 Å².